The number of hydrogen-bond acceptors (Lipinski definition) is 3. The van der Waals surface area contributed by atoms with E-state index in [1.54, 1.807) is 12.5 Å². The molecule has 1 aromatic heterocycles. The molecule has 1 N–H and O–H groups in total. The minimum atomic E-state index is -0.348. The Labute approximate surface area is 82.1 Å². The smallest absolute Gasteiger partial charge is 0.407 e. The number of aromatic nitrogens is 2. The van der Waals surface area contributed by atoms with Crippen molar-refractivity contribution >= 4 is 6.09 Å². The van der Waals surface area contributed by atoms with Crippen LogP contribution >= 0.6 is 0 Å². The first-order valence-corrected chi connectivity index (χ1v) is 4.74. The predicted molar refractivity (Wildman–Crippen MR) is 49.7 cm³/mol. The highest BCUT2D eigenvalue weighted by atomic mass is 16.6. The number of aryl methyl sites for hydroxylation is 1. The van der Waals surface area contributed by atoms with Crippen molar-refractivity contribution in [3.05, 3.63) is 18.2 Å². The molecule has 1 unspecified atom stereocenters. The molecular weight excluding hydrogens is 182 g/mol. The highest BCUT2D eigenvalue weighted by Crippen LogP contribution is 2.17. The lowest BCUT2D eigenvalue weighted by molar-refractivity contribution is 0.176. The number of carbonyl (C=O) groups excluding carboxylic acids is 1. The van der Waals surface area contributed by atoms with E-state index in [1.165, 1.54) is 0 Å². The lowest BCUT2D eigenvalue weighted by Crippen LogP contribution is -2.21. The Bertz CT molecular complexity index is 335. The molecule has 1 aliphatic heterocycles. The van der Waals surface area contributed by atoms with E-state index in [2.05, 4.69) is 17.2 Å². The number of imidazole rings is 1. The van der Waals surface area contributed by atoms with Crippen molar-refractivity contribution in [2.45, 2.75) is 25.9 Å². The third kappa shape index (κ3) is 1.57. The summed E-state index contributed by atoms with van der Waals surface area (Å²) in [5.74, 6) is 0. The van der Waals surface area contributed by atoms with Gasteiger partial charge in [0.25, 0.3) is 0 Å². The van der Waals surface area contributed by atoms with E-state index < -0.39 is 0 Å². The van der Waals surface area contributed by atoms with Crippen LogP contribution in [0.25, 0.3) is 0 Å². The molecule has 0 aromatic carbocycles. The van der Waals surface area contributed by atoms with Gasteiger partial charge in [0.15, 0.2) is 0 Å². The number of rotatable bonds is 3. The summed E-state index contributed by atoms with van der Waals surface area (Å²) in [6, 6.07) is -0.0449. The molecule has 2 heterocycles. The Morgan fingerprint density at radius 2 is 2.64 bits per heavy atom. The largest absolute Gasteiger partial charge is 0.447 e. The topological polar surface area (TPSA) is 56.2 Å². The van der Waals surface area contributed by atoms with E-state index >= 15 is 0 Å². The van der Waals surface area contributed by atoms with E-state index in [-0.39, 0.29) is 12.1 Å². The van der Waals surface area contributed by atoms with Crippen molar-refractivity contribution in [1.82, 2.24) is 14.9 Å². The third-order valence-corrected chi connectivity index (χ3v) is 2.24. The standard InChI is InChI=1S/C9H13N3O2/c1-2-3-12-6-10-4-8(12)7-5-14-9(13)11-7/h4,6-7H,2-3,5H2,1H3,(H,11,13). The molecule has 76 valence electrons. The Kier molecular flexibility index (Phi) is 2.39. The molecule has 1 fully saturated rings. The zero-order chi connectivity index (χ0) is 9.97. The Balaban J connectivity index is 2.14. The highest BCUT2D eigenvalue weighted by molar-refractivity contribution is 5.69. The van der Waals surface area contributed by atoms with Gasteiger partial charge in [-0.1, -0.05) is 6.92 Å². The average molecular weight is 195 g/mol. The summed E-state index contributed by atoms with van der Waals surface area (Å²) in [6.45, 7) is 3.42. The Morgan fingerprint density at radius 3 is 3.29 bits per heavy atom. The molecule has 1 atom stereocenters. The van der Waals surface area contributed by atoms with Crippen LogP contribution in [0.1, 0.15) is 25.1 Å². The van der Waals surface area contributed by atoms with Gasteiger partial charge in [-0.3, -0.25) is 0 Å². The Hall–Kier alpha value is -1.52. The highest BCUT2D eigenvalue weighted by Gasteiger charge is 2.26. The lowest BCUT2D eigenvalue weighted by atomic mass is 10.2. The minimum Gasteiger partial charge on any atom is -0.447 e. The lowest BCUT2D eigenvalue weighted by Gasteiger charge is -2.10. The molecule has 5 nitrogen and oxygen atoms in total. The zero-order valence-corrected chi connectivity index (χ0v) is 8.06. The number of cyclic esters (lactones) is 1. The van der Waals surface area contributed by atoms with Crippen LogP contribution in [0.5, 0.6) is 0 Å². The average Bonchev–Trinajstić information content (AvgIpc) is 2.74. The van der Waals surface area contributed by atoms with E-state index in [1.807, 2.05) is 4.57 Å². The van der Waals surface area contributed by atoms with E-state index in [0.717, 1.165) is 18.7 Å². The summed E-state index contributed by atoms with van der Waals surface area (Å²) < 4.78 is 6.87. The zero-order valence-electron chi connectivity index (χ0n) is 8.06. The summed E-state index contributed by atoms with van der Waals surface area (Å²) in [6.07, 6.45) is 4.25. The number of carbonyl (C=O) groups is 1. The van der Waals surface area contributed by atoms with Crippen molar-refractivity contribution in [2.24, 2.45) is 0 Å². The van der Waals surface area contributed by atoms with Gasteiger partial charge in [-0.05, 0) is 6.42 Å². The van der Waals surface area contributed by atoms with E-state index in [0.29, 0.717) is 6.61 Å². The second-order valence-electron chi connectivity index (χ2n) is 3.31. The normalized spacial score (nSPS) is 20.6. The van der Waals surface area contributed by atoms with Crippen LogP contribution in [0.2, 0.25) is 0 Å². The third-order valence-electron chi connectivity index (χ3n) is 2.24. The van der Waals surface area contributed by atoms with Crippen LogP contribution in [0.4, 0.5) is 4.79 Å². The summed E-state index contributed by atoms with van der Waals surface area (Å²) in [7, 11) is 0. The van der Waals surface area contributed by atoms with Crippen molar-refractivity contribution in [1.29, 1.82) is 0 Å². The summed E-state index contributed by atoms with van der Waals surface area (Å²) >= 11 is 0. The van der Waals surface area contributed by atoms with Gasteiger partial charge in [0, 0.05) is 6.54 Å². The monoisotopic (exact) mass is 195 g/mol. The van der Waals surface area contributed by atoms with Crippen LogP contribution in [0, 0.1) is 0 Å². The van der Waals surface area contributed by atoms with Gasteiger partial charge in [-0.25, -0.2) is 9.78 Å². The predicted octanol–water partition coefficient (Wildman–Crippen LogP) is 1.07. The molecule has 0 saturated carbocycles. The van der Waals surface area contributed by atoms with Crippen molar-refractivity contribution in [2.75, 3.05) is 6.61 Å². The molecule has 1 aliphatic rings. The van der Waals surface area contributed by atoms with Gasteiger partial charge in [0.1, 0.15) is 12.6 Å². The molecule has 1 amide bonds. The van der Waals surface area contributed by atoms with Crippen molar-refractivity contribution in [3.8, 4) is 0 Å². The summed E-state index contributed by atoms with van der Waals surface area (Å²) in [5, 5.41) is 2.73. The first kappa shape index (κ1) is 9.05. The number of alkyl carbamates (subject to hydrolysis) is 1. The molecule has 2 rings (SSSR count). The van der Waals surface area contributed by atoms with Crippen LogP contribution in [0.3, 0.4) is 0 Å². The van der Waals surface area contributed by atoms with Crippen molar-refractivity contribution in [3.63, 3.8) is 0 Å². The van der Waals surface area contributed by atoms with Gasteiger partial charge < -0.3 is 14.6 Å². The van der Waals surface area contributed by atoms with Gasteiger partial charge in [-0.15, -0.1) is 0 Å². The second kappa shape index (κ2) is 3.69. The van der Waals surface area contributed by atoms with Crippen LogP contribution in [-0.4, -0.2) is 22.3 Å². The number of hydrogen-bond donors (Lipinski definition) is 1. The molecular formula is C9H13N3O2. The molecule has 1 saturated heterocycles. The molecule has 1 aromatic rings. The molecule has 0 radical (unpaired) electrons. The van der Waals surface area contributed by atoms with Crippen molar-refractivity contribution < 1.29 is 9.53 Å². The number of nitrogens with zero attached hydrogens (tertiary/aromatic N) is 2. The van der Waals surface area contributed by atoms with Gasteiger partial charge in [0.05, 0.1) is 18.2 Å². The first-order chi connectivity index (χ1) is 6.81. The maximum atomic E-state index is 10.9. The summed E-state index contributed by atoms with van der Waals surface area (Å²) in [4.78, 5) is 14.9. The van der Waals surface area contributed by atoms with Gasteiger partial charge in [-0.2, -0.15) is 0 Å². The number of nitrogens with one attached hydrogen (secondary N) is 1. The second-order valence-corrected chi connectivity index (χ2v) is 3.31. The number of amides is 1. The molecule has 5 heteroatoms. The first-order valence-electron chi connectivity index (χ1n) is 4.74. The fraction of sp³-hybridized carbons (Fsp3) is 0.556. The van der Waals surface area contributed by atoms with Gasteiger partial charge in [0.2, 0.25) is 0 Å². The molecule has 0 bridgehead atoms. The molecule has 0 aliphatic carbocycles. The summed E-state index contributed by atoms with van der Waals surface area (Å²) in [5.41, 5.74) is 1.01. The molecule has 0 spiro atoms. The van der Waals surface area contributed by atoms with E-state index in [9.17, 15) is 4.79 Å². The van der Waals surface area contributed by atoms with Gasteiger partial charge >= 0.3 is 6.09 Å². The van der Waals surface area contributed by atoms with Crippen LogP contribution in [0.15, 0.2) is 12.5 Å². The van der Waals surface area contributed by atoms with Crippen LogP contribution < -0.4 is 5.32 Å². The maximum Gasteiger partial charge on any atom is 0.407 e. The Morgan fingerprint density at radius 1 is 1.79 bits per heavy atom. The quantitative estimate of drug-likeness (QED) is 0.785. The maximum absolute atomic E-state index is 10.9. The SMILES string of the molecule is CCCn1cncc1C1COC(=O)N1. The fourth-order valence-electron chi connectivity index (χ4n) is 1.59. The minimum absolute atomic E-state index is 0.0449. The number of ether oxygens (including phenoxy) is 1. The van der Waals surface area contributed by atoms with E-state index in [4.69, 9.17) is 4.74 Å². The fourth-order valence-corrected chi connectivity index (χ4v) is 1.59. The molecule has 14 heavy (non-hydrogen) atoms. The van der Waals surface area contributed by atoms with Crippen LogP contribution in [-0.2, 0) is 11.3 Å².